The summed E-state index contributed by atoms with van der Waals surface area (Å²) >= 11 is 0. The summed E-state index contributed by atoms with van der Waals surface area (Å²) in [4.78, 5) is 0. The monoisotopic (exact) mass is 241 g/mol. The number of nitrogens with two attached hydrogens (primary N) is 1. The van der Waals surface area contributed by atoms with Crippen molar-refractivity contribution in [2.24, 2.45) is 10.2 Å². The van der Waals surface area contributed by atoms with Crippen LogP contribution in [0.15, 0.2) is 52.7 Å². The van der Waals surface area contributed by atoms with Crippen molar-refractivity contribution >= 4 is 17.1 Å². The van der Waals surface area contributed by atoms with Gasteiger partial charge in [0.15, 0.2) is 0 Å². The van der Waals surface area contributed by atoms with Crippen LogP contribution in [0.4, 0.5) is 17.1 Å². The normalized spacial score (nSPS) is 10.8. The predicted octanol–water partition coefficient (Wildman–Crippen LogP) is 4.00. The standard InChI is InChI=1S/C14H15N3O/c1-10-8-12(15)14(18-2)9-13(10)17-16-11-6-4-3-5-7-11/h3-9H,15H2,1-2H3/b17-16+. The minimum absolute atomic E-state index is 0.605. The lowest BCUT2D eigenvalue weighted by molar-refractivity contribution is 0.417. The van der Waals surface area contributed by atoms with Crippen LogP contribution in [-0.4, -0.2) is 7.11 Å². The molecule has 2 rings (SSSR count). The molecular formula is C14H15N3O. The lowest BCUT2D eigenvalue weighted by Crippen LogP contribution is -1.92. The number of nitrogens with zero attached hydrogens (tertiary/aromatic N) is 2. The van der Waals surface area contributed by atoms with Crippen LogP contribution in [0, 0.1) is 6.92 Å². The molecule has 2 aromatic carbocycles. The molecule has 0 amide bonds. The lowest BCUT2D eigenvalue weighted by Gasteiger charge is -2.07. The van der Waals surface area contributed by atoms with E-state index in [9.17, 15) is 0 Å². The Morgan fingerprint density at radius 3 is 2.44 bits per heavy atom. The van der Waals surface area contributed by atoms with Crippen LogP contribution in [0.3, 0.4) is 0 Å². The van der Waals surface area contributed by atoms with Gasteiger partial charge in [-0.3, -0.25) is 0 Å². The molecule has 18 heavy (non-hydrogen) atoms. The van der Waals surface area contributed by atoms with Crippen molar-refractivity contribution in [3.8, 4) is 5.75 Å². The van der Waals surface area contributed by atoms with E-state index in [1.54, 1.807) is 13.2 Å². The third-order valence-corrected chi connectivity index (χ3v) is 2.58. The van der Waals surface area contributed by atoms with Crippen LogP contribution < -0.4 is 10.5 Å². The molecule has 92 valence electrons. The van der Waals surface area contributed by atoms with Crippen molar-refractivity contribution in [1.29, 1.82) is 0 Å². The number of anilines is 1. The molecule has 0 bridgehead atoms. The van der Waals surface area contributed by atoms with Crippen LogP contribution in [0.2, 0.25) is 0 Å². The highest BCUT2D eigenvalue weighted by Gasteiger charge is 2.04. The molecule has 2 N–H and O–H groups in total. The summed E-state index contributed by atoms with van der Waals surface area (Å²) in [5.74, 6) is 0.614. The van der Waals surface area contributed by atoms with Crippen molar-refractivity contribution < 1.29 is 4.74 Å². The summed E-state index contributed by atoms with van der Waals surface area (Å²) in [5, 5.41) is 8.39. The molecule has 0 saturated heterocycles. The molecule has 0 aliphatic heterocycles. The van der Waals surface area contributed by atoms with E-state index in [0.29, 0.717) is 11.4 Å². The fraction of sp³-hybridized carbons (Fsp3) is 0.143. The Labute approximate surface area is 106 Å². The van der Waals surface area contributed by atoms with Gasteiger partial charge in [0, 0.05) is 6.07 Å². The van der Waals surface area contributed by atoms with E-state index in [1.807, 2.05) is 43.3 Å². The van der Waals surface area contributed by atoms with Gasteiger partial charge in [-0.25, -0.2) is 0 Å². The zero-order chi connectivity index (χ0) is 13.0. The molecule has 0 aliphatic rings. The van der Waals surface area contributed by atoms with Crippen LogP contribution in [-0.2, 0) is 0 Å². The number of benzene rings is 2. The lowest BCUT2D eigenvalue weighted by atomic mass is 10.1. The van der Waals surface area contributed by atoms with Gasteiger partial charge in [0.2, 0.25) is 0 Å². The van der Waals surface area contributed by atoms with Gasteiger partial charge in [0.05, 0.1) is 24.2 Å². The third kappa shape index (κ3) is 2.66. The van der Waals surface area contributed by atoms with Gasteiger partial charge in [-0.05, 0) is 30.7 Å². The first-order valence-corrected chi connectivity index (χ1v) is 5.61. The SMILES string of the molecule is COc1cc(/N=N/c2ccccc2)c(C)cc1N. The first kappa shape index (κ1) is 12.1. The number of ether oxygens (including phenoxy) is 1. The Morgan fingerprint density at radius 2 is 1.78 bits per heavy atom. The maximum Gasteiger partial charge on any atom is 0.143 e. The van der Waals surface area contributed by atoms with E-state index in [4.69, 9.17) is 10.5 Å². The highest BCUT2D eigenvalue weighted by atomic mass is 16.5. The molecule has 0 spiro atoms. The topological polar surface area (TPSA) is 60.0 Å². The predicted molar refractivity (Wildman–Crippen MR) is 72.8 cm³/mol. The number of hydrogen-bond acceptors (Lipinski definition) is 4. The summed E-state index contributed by atoms with van der Waals surface area (Å²) in [6.07, 6.45) is 0. The maximum atomic E-state index is 5.81. The Bertz CT molecular complexity index is 565. The van der Waals surface area contributed by atoms with Crippen LogP contribution in [0.5, 0.6) is 5.75 Å². The fourth-order valence-electron chi connectivity index (χ4n) is 1.59. The molecule has 0 aromatic heterocycles. The number of hydrogen-bond donors (Lipinski definition) is 1. The molecule has 0 fully saturated rings. The van der Waals surface area contributed by atoms with E-state index in [0.717, 1.165) is 16.9 Å². The Balaban J connectivity index is 2.32. The van der Waals surface area contributed by atoms with E-state index < -0.39 is 0 Å². The smallest absolute Gasteiger partial charge is 0.143 e. The summed E-state index contributed by atoms with van der Waals surface area (Å²) in [5.41, 5.74) is 8.95. The highest BCUT2D eigenvalue weighted by Crippen LogP contribution is 2.31. The van der Waals surface area contributed by atoms with Gasteiger partial charge < -0.3 is 10.5 Å². The maximum absolute atomic E-state index is 5.81. The van der Waals surface area contributed by atoms with Crippen molar-refractivity contribution in [3.63, 3.8) is 0 Å². The number of azo groups is 1. The van der Waals surface area contributed by atoms with Gasteiger partial charge in [0.25, 0.3) is 0 Å². The molecular weight excluding hydrogens is 226 g/mol. The molecule has 0 radical (unpaired) electrons. The van der Waals surface area contributed by atoms with Crippen molar-refractivity contribution in [2.45, 2.75) is 6.92 Å². The molecule has 0 atom stereocenters. The van der Waals surface area contributed by atoms with E-state index in [1.165, 1.54) is 0 Å². The minimum Gasteiger partial charge on any atom is -0.495 e. The van der Waals surface area contributed by atoms with Crippen LogP contribution in [0.25, 0.3) is 0 Å². The zero-order valence-electron chi connectivity index (χ0n) is 10.4. The fourth-order valence-corrected chi connectivity index (χ4v) is 1.59. The second-order valence-electron chi connectivity index (χ2n) is 3.92. The van der Waals surface area contributed by atoms with Gasteiger partial charge in [-0.15, -0.1) is 0 Å². The summed E-state index contributed by atoms with van der Waals surface area (Å²) in [7, 11) is 1.58. The van der Waals surface area contributed by atoms with Crippen molar-refractivity contribution in [3.05, 3.63) is 48.0 Å². The second-order valence-corrected chi connectivity index (χ2v) is 3.92. The molecule has 2 aromatic rings. The molecule has 0 aliphatic carbocycles. The van der Waals surface area contributed by atoms with E-state index in [2.05, 4.69) is 10.2 Å². The summed E-state index contributed by atoms with van der Waals surface area (Å²) in [6.45, 7) is 1.94. The van der Waals surface area contributed by atoms with E-state index >= 15 is 0 Å². The molecule has 0 saturated carbocycles. The molecule has 4 nitrogen and oxygen atoms in total. The largest absolute Gasteiger partial charge is 0.495 e. The molecule has 4 heteroatoms. The number of rotatable bonds is 3. The van der Waals surface area contributed by atoms with Crippen LogP contribution >= 0.6 is 0 Å². The third-order valence-electron chi connectivity index (χ3n) is 2.58. The Morgan fingerprint density at radius 1 is 1.06 bits per heavy atom. The van der Waals surface area contributed by atoms with Gasteiger partial charge >= 0.3 is 0 Å². The number of nitrogen functional groups attached to an aromatic ring is 1. The summed E-state index contributed by atoms with van der Waals surface area (Å²) < 4.78 is 5.17. The average molecular weight is 241 g/mol. The molecule has 0 unspecified atom stereocenters. The number of aryl methyl sites for hydroxylation is 1. The van der Waals surface area contributed by atoms with E-state index in [-0.39, 0.29) is 0 Å². The Hall–Kier alpha value is -2.36. The first-order valence-electron chi connectivity index (χ1n) is 5.61. The molecule has 0 heterocycles. The van der Waals surface area contributed by atoms with Crippen molar-refractivity contribution in [1.82, 2.24) is 0 Å². The Kier molecular flexibility index (Phi) is 3.57. The average Bonchev–Trinajstić information content (AvgIpc) is 2.39. The first-order chi connectivity index (χ1) is 8.70. The number of methoxy groups -OCH3 is 1. The zero-order valence-corrected chi connectivity index (χ0v) is 10.4. The quantitative estimate of drug-likeness (QED) is 0.652. The minimum atomic E-state index is 0.605. The highest BCUT2D eigenvalue weighted by molar-refractivity contribution is 5.63. The summed E-state index contributed by atoms with van der Waals surface area (Å²) in [6, 6.07) is 13.2. The van der Waals surface area contributed by atoms with Gasteiger partial charge in [-0.1, -0.05) is 18.2 Å². The van der Waals surface area contributed by atoms with Gasteiger partial charge in [-0.2, -0.15) is 10.2 Å². The van der Waals surface area contributed by atoms with Crippen molar-refractivity contribution in [2.75, 3.05) is 12.8 Å². The van der Waals surface area contributed by atoms with Crippen LogP contribution in [0.1, 0.15) is 5.56 Å². The van der Waals surface area contributed by atoms with Gasteiger partial charge in [0.1, 0.15) is 5.75 Å². The second kappa shape index (κ2) is 5.31.